The number of aliphatic hydroxyl groups is 1. The van der Waals surface area contributed by atoms with E-state index in [-0.39, 0.29) is 0 Å². The summed E-state index contributed by atoms with van der Waals surface area (Å²) in [4.78, 5) is 2.35. The van der Waals surface area contributed by atoms with Crippen LogP contribution in [0.5, 0.6) is 0 Å². The summed E-state index contributed by atoms with van der Waals surface area (Å²) in [7, 11) is 0. The van der Waals surface area contributed by atoms with E-state index >= 15 is 0 Å². The van der Waals surface area contributed by atoms with Crippen molar-refractivity contribution in [1.82, 2.24) is 4.57 Å². The number of aromatic nitrogens is 1. The number of para-hydroxylation sites is 1. The van der Waals surface area contributed by atoms with Crippen molar-refractivity contribution in [3.63, 3.8) is 0 Å². The van der Waals surface area contributed by atoms with Crippen molar-refractivity contribution in [3.05, 3.63) is 73.4 Å². The van der Waals surface area contributed by atoms with Gasteiger partial charge in [0, 0.05) is 47.7 Å². The second-order valence-electron chi connectivity index (χ2n) is 7.77. The fraction of sp³-hybridized carbons (Fsp3) is 0.250. The number of hydrogen-bond acceptors (Lipinski definition) is 2. The molecule has 1 aromatic heterocycles. The van der Waals surface area contributed by atoms with Gasteiger partial charge in [-0.3, -0.25) is 0 Å². The van der Waals surface area contributed by atoms with Gasteiger partial charge in [0.15, 0.2) is 0 Å². The molecule has 1 aliphatic heterocycles. The van der Waals surface area contributed by atoms with Gasteiger partial charge >= 0.3 is 0 Å². The Labute approximate surface area is 198 Å². The van der Waals surface area contributed by atoms with Crippen molar-refractivity contribution in [2.45, 2.75) is 25.5 Å². The van der Waals surface area contributed by atoms with E-state index in [1.165, 1.54) is 40.2 Å². The van der Waals surface area contributed by atoms with Crippen LogP contribution in [0.1, 0.15) is 12.0 Å². The predicted molar refractivity (Wildman–Crippen MR) is 138 cm³/mol. The minimum Gasteiger partial charge on any atom is -0.389 e. The molecular weight excluding hydrogens is 586 g/mol. The van der Waals surface area contributed by atoms with Gasteiger partial charge in [0.1, 0.15) is 0 Å². The zero-order chi connectivity index (χ0) is 20.0. The van der Waals surface area contributed by atoms with Crippen molar-refractivity contribution in [2.24, 2.45) is 0 Å². The number of hydrogen-bond donors (Lipinski definition) is 1. The normalized spacial score (nSPS) is 15.1. The summed E-state index contributed by atoms with van der Waals surface area (Å²) in [6.45, 7) is 2.27. The van der Waals surface area contributed by atoms with Gasteiger partial charge in [-0.1, -0.05) is 18.2 Å². The zero-order valence-electron chi connectivity index (χ0n) is 16.0. The maximum Gasteiger partial charge on any atom is 0.0893 e. The summed E-state index contributed by atoms with van der Waals surface area (Å²) in [6, 6.07) is 21.8. The van der Waals surface area contributed by atoms with Gasteiger partial charge in [0.25, 0.3) is 0 Å². The average molecular weight is 608 g/mol. The first-order chi connectivity index (χ1) is 14.1. The van der Waals surface area contributed by atoms with Crippen LogP contribution in [0.25, 0.3) is 21.8 Å². The van der Waals surface area contributed by atoms with Crippen LogP contribution in [0.2, 0.25) is 0 Å². The largest absolute Gasteiger partial charge is 0.389 e. The third kappa shape index (κ3) is 3.77. The molecule has 3 aromatic carbocycles. The summed E-state index contributed by atoms with van der Waals surface area (Å²) in [5, 5.41) is 13.6. The molecule has 4 aromatic rings. The Balaban J connectivity index is 1.49. The van der Waals surface area contributed by atoms with E-state index in [1.54, 1.807) is 0 Å². The maximum atomic E-state index is 11.1. The van der Waals surface area contributed by atoms with Crippen LogP contribution >= 0.6 is 45.2 Å². The molecule has 3 nitrogen and oxygen atoms in total. The average Bonchev–Trinajstić information content (AvgIpc) is 3.00. The number of halogens is 2. The molecule has 0 saturated heterocycles. The highest BCUT2D eigenvalue weighted by Crippen LogP contribution is 2.32. The molecule has 1 aliphatic rings. The first kappa shape index (κ1) is 19.6. The number of rotatable bonds is 4. The van der Waals surface area contributed by atoms with E-state index in [9.17, 15) is 5.11 Å². The van der Waals surface area contributed by atoms with Gasteiger partial charge in [0.05, 0.1) is 12.6 Å². The first-order valence-corrected chi connectivity index (χ1v) is 12.1. The molecule has 1 atom stereocenters. The molecule has 5 rings (SSSR count). The highest BCUT2D eigenvalue weighted by Gasteiger charge is 2.20. The van der Waals surface area contributed by atoms with Gasteiger partial charge in [-0.2, -0.15) is 0 Å². The number of nitrogens with zero attached hydrogens (tertiary/aromatic N) is 2. The number of aryl methyl sites for hydroxylation is 1. The quantitative estimate of drug-likeness (QED) is 0.296. The standard InChI is InChI=1S/C24H22I2N2O/c25-17-7-9-23-20(12-17)21-13-18(26)8-10-24(21)28(23)15-19(29)14-27-11-3-5-16-4-1-2-6-22(16)27/h1-2,4,6-10,12-13,19,29H,3,5,11,14-15H2/t19-/m1/s1. The van der Waals surface area contributed by atoms with E-state index in [1.807, 2.05) is 0 Å². The van der Waals surface area contributed by atoms with Crippen LogP contribution in [0.3, 0.4) is 0 Å². The molecule has 29 heavy (non-hydrogen) atoms. The van der Waals surface area contributed by atoms with E-state index in [4.69, 9.17) is 0 Å². The van der Waals surface area contributed by atoms with Crippen molar-refractivity contribution >= 4 is 72.7 Å². The van der Waals surface area contributed by atoms with Gasteiger partial charge in [-0.15, -0.1) is 0 Å². The lowest BCUT2D eigenvalue weighted by molar-refractivity contribution is 0.161. The number of β-amino-alcohol motifs (C(OH)–C–C–N with tert-alkyl or cyclic N) is 1. The monoisotopic (exact) mass is 608 g/mol. The van der Waals surface area contributed by atoms with Gasteiger partial charge in [0.2, 0.25) is 0 Å². The van der Waals surface area contributed by atoms with Crippen LogP contribution in [0, 0.1) is 7.14 Å². The number of fused-ring (bicyclic) bond motifs is 4. The summed E-state index contributed by atoms with van der Waals surface area (Å²) in [5.74, 6) is 0. The van der Waals surface area contributed by atoms with Gasteiger partial charge in [-0.05, 0) is 106 Å². The summed E-state index contributed by atoms with van der Waals surface area (Å²) >= 11 is 4.75. The summed E-state index contributed by atoms with van der Waals surface area (Å²) < 4.78 is 4.76. The van der Waals surface area contributed by atoms with Crippen molar-refractivity contribution in [1.29, 1.82) is 0 Å². The smallest absolute Gasteiger partial charge is 0.0893 e. The molecule has 0 bridgehead atoms. The maximum absolute atomic E-state index is 11.1. The van der Waals surface area contributed by atoms with Crippen LogP contribution in [-0.4, -0.2) is 28.9 Å². The van der Waals surface area contributed by atoms with E-state index in [0.717, 1.165) is 19.4 Å². The minimum absolute atomic E-state index is 0.432. The SMILES string of the molecule is O[C@H](CN1CCCc2ccccc21)Cn1c2ccc(I)cc2c2cc(I)ccc21. The second-order valence-corrected chi connectivity index (χ2v) is 10.3. The lowest BCUT2D eigenvalue weighted by Crippen LogP contribution is -2.38. The van der Waals surface area contributed by atoms with Gasteiger partial charge < -0.3 is 14.6 Å². The molecule has 0 unspecified atom stereocenters. The topological polar surface area (TPSA) is 28.4 Å². The Bertz CT molecular complexity index is 1140. The third-order valence-electron chi connectivity index (χ3n) is 5.82. The Morgan fingerprint density at radius 1 is 0.862 bits per heavy atom. The van der Waals surface area contributed by atoms with E-state index in [0.29, 0.717) is 13.1 Å². The van der Waals surface area contributed by atoms with E-state index in [2.05, 4.69) is 115 Å². The van der Waals surface area contributed by atoms with Crippen LogP contribution in [0.4, 0.5) is 5.69 Å². The lowest BCUT2D eigenvalue weighted by atomic mass is 10.0. The molecular formula is C24H22I2N2O. The third-order valence-corrected chi connectivity index (χ3v) is 7.16. The van der Waals surface area contributed by atoms with Crippen molar-refractivity contribution in [2.75, 3.05) is 18.0 Å². The number of anilines is 1. The minimum atomic E-state index is -0.432. The molecule has 5 heteroatoms. The molecule has 0 amide bonds. The fourth-order valence-electron chi connectivity index (χ4n) is 4.57. The summed E-state index contributed by atoms with van der Waals surface area (Å²) in [5.41, 5.74) is 5.07. The molecule has 148 valence electrons. The Hall–Kier alpha value is -1.32. The Morgan fingerprint density at radius 3 is 2.21 bits per heavy atom. The lowest BCUT2D eigenvalue weighted by Gasteiger charge is -2.33. The Kier molecular flexibility index (Phi) is 5.47. The zero-order valence-corrected chi connectivity index (χ0v) is 20.3. The van der Waals surface area contributed by atoms with Crippen molar-refractivity contribution < 1.29 is 5.11 Å². The van der Waals surface area contributed by atoms with E-state index < -0.39 is 6.10 Å². The molecule has 0 radical (unpaired) electrons. The second kappa shape index (κ2) is 8.07. The van der Waals surface area contributed by atoms with Crippen molar-refractivity contribution in [3.8, 4) is 0 Å². The highest BCUT2D eigenvalue weighted by molar-refractivity contribution is 14.1. The molecule has 2 heterocycles. The molecule has 0 spiro atoms. The number of aliphatic hydroxyl groups excluding tert-OH is 1. The van der Waals surface area contributed by atoms with Crippen LogP contribution < -0.4 is 4.90 Å². The predicted octanol–water partition coefficient (Wildman–Crippen LogP) is 5.82. The molecule has 0 saturated carbocycles. The molecule has 1 N–H and O–H groups in total. The number of benzene rings is 3. The highest BCUT2D eigenvalue weighted by atomic mass is 127. The Morgan fingerprint density at radius 2 is 1.52 bits per heavy atom. The molecule has 0 fully saturated rings. The van der Waals surface area contributed by atoms with Crippen LogP contribution in [0.15, 0.2) is 60.7 Å². The van der Waals surface area contributed by atoms with Gasteiger partial charge in [-0.25, -0.2) is 0 Å². The molecule has 0 aliphatic carbocycles. The first-order valence-electron chi connectivity index (χ1n) is 9.98. The fourth-order valence-corrected chi connectivity index (χ4v) is 5.55. The summed E-state index contributed by atoms with van der Waals surface area (Å²) in [6.07, 6.45) is 1.85. The van der Waals surface area contributed by atoms with Crippen LogP contribution in [-0.2, 0) is 13.0 Å².